The van der Waals surface area contributed by atoms with E-state index in [2.05, 4.69) is 38.0 Å². The first kappa shape index (κ1) is 20.3. The van der Waals surface area contributed by atoms with E-state index in [1.165, 1.54) is 35.1 Å². The first-order valence-corrected chi connectivity index (χ1v) is 12.0. The molecule has 1 unspecified atom stereocenters. The van der Waals surface area contributed by atoms with E-state index in [0.717, 1.165) is 24.5 Å². The number of nitrogens with one attached hydrogen (secondary N) is 2. The molecular formula is C17H25N5O2S3. The van der Waals surface area contributed by atoms with Gasteiger partial charge in [-0.1, -0.05) is 6.07 Å². The van der Waals surface area contributed by atoms with E-state index < -0.39 is 10.0 Å². The van der Waals surface area contributed by atoms with Crippen LogP contribution in [0.3, 0.4) is 0 Å². The number of primary sulfonamides is 1. The molecule has 148 valence electrons. The number of nitrogens with two attached hydrogens (primary N) is 1. The summed E-state index contributed by atoms with van der Waals surface area (Å²) in [4.78, 5) is 9.04. The zero-order valence-corrected chi connectivity index (χ0v) is 17.7. The van der Waals surface area contributed by atoms with Crippen molar-refractivity contribution >= 4 is 38.7 Å². The largest absolute Gasteiger partial charge is 0.354 e. The Bertz CT molecular complexity index is 855. The van der Waals surface area contributed by atoms with Gasteiger partial charge >= 0.3 is 0 Å². The van der Waals surface area contributed by atoms with Crippen LogP contribution < -0.4 is 15.8 Å². The quantitative estimate of drug-likeness (QED) is 0.463. The number of guanidine groups is 1. The number of nitrogens with zero attached hydrogens (tertiary/aromatic N) is 2. The van der Waals surface area contributed by atoms with Crippen LogP contribution in [-0.4, -0.2) is 46.0 Å². The fourth-order valence-corrected chi connectivity index (χ4v) is 5.71. The van der Waals surface area contributed by atoms with Gasteiger partial charge < -0.3 is 10.6 Å². The van der Waals surface area contributed by atoms with Crippen molar-refractivity contribution < 1.29 is 8.42 Å². The average Bonchev–Trinajstić information content (AvgIpc) is 3.40. The van der Waals surface area contributed by atoms with E-state index in [1.807, 2.05) is 0 Å². The maximum Gasteiger partial charge on any atom is 0.247 e. The molecule has 0 bridgehead atoms. The van der Waals surface area contributed by atoms with Crippen molar-refractivity contribution in [2.45, 2.75) is 29.6 Å². The number of aliphatic imine (C=N–C) groups is 1. The molecule has 3 heterocycles. The van der Waals surface area contributed by atoms with Crippen LogP contribution in [-0.2, 0) is 16.6 Å². The summed E-state index contributed by atoms with van der Waals surface area (Å²) in [5, 5.41) is 13.9. The molecule has 2 aromatic rings. The molecule has 10 heteroatoms. The highest BCUT2D eigenvalue weighted by Crippen LogP contribution is 2.27. The maximum atomic E-state index is 11.4. The molecule has 2 aromatic heterocycles. The van der Waals surface area contributed by atoms with Crippen LogP contribution in [0.25, 0.3) is 0 Å². The Hall–Kier alpha value is -1.46. The zero-order chi connectivity index (χ0) is 19.3. The molecule has 0 spiro atoms. The molecule has 3 rings (SSSR count). The molecule has 0 radical (unpaired) electrons. The van der Waals surface area contributed by atoms with E-state index in [0.29, 0.717) is 18.5 Å². The summed E-state index contributed by atoms with van der Waals surface area (Å²) in [6.45, 7) is 3.52. The average molecular weight is 428 g/mol. The minimum absolute atomic E-state index is 0.175. The Morgan fingerprint density at radius 3 is 2.67 bits per heavy atom. The third kappa shape index (κ3) is 5.52. The first-order chi connectivity index (χ1) is 13.0. The van der Waals surface area contributed by atoms with Crippen LogP contribution in [0.2, 0.25) is 0 Å². The van der Waals surface area contributed by atoms with E-state index in [4.69, 9.17) is 5.14 Å². The van der Waals surface area contributed by atoms with Gasteiger partial charge in [-0.2, -0.15) is 0 Å². The van der Waals surface area contributed by atoms with Crippen LogP contribution in [0, 0.1) is 0 Å². The lowest BCUT2D eigenvalue weighted by Crippen LogP contribution is -2.42. The fraction of sp³-hybridized carbons (Fsp3) is 0.471. The normalized spacial score (nSPS) is 17.2. The van der Waals surface area contributed by atoms with Crippen molar-refractivity contribution in [1.29, 1.82) is 0 Å². The van der Waals surface area contributed by atoms with Gasteiger partial charge in [0.25, 0.3) is 0 Å². The number of hydrogen-bond donors (Lipinski definition) is 3. The predicted octanol–water partition coefficient (Wildman–Crippen LogP) is 1.96. The van der Waals surface area contributed by atoms with Crippen LogP contribution in [0.4, 0.5) is 0 Å². The molecule has 0 aliphatic carbocycles. The van der Waals surface area contributed by atoms with Crippen molar-refractivity contribution in [1.82, 2.24) is 15.5 Å². The Morgan fingerprint density at radius 1 is 1.30 bits per heavy atom. The molecule has 4 N–H and O–H groups in total. The molecule has 1 aliphatic rings. The summed E-state index contributed by atoms with van der Waals surface area (Å²) in [5.74, 6) is 0.696. The molecule has 7 nitrogen and oxygen atoms in total. The second-order valence-electron chi connectivity index (χ2n) is 6.35. The minimum atomic E-state index is -3.64. The van der Waals surface area contributed by atoms with E-state index in [-0.39, 0.29) is 4.21 Å². The van der Waals surface area contributed by atoms with Crippen LogP contribution in [0.15, 0.2) is 38.8 Å². The van der Waals surface area contributed by atoms with Crippen LogP contribution >= 0.6 is 22.7 Å². The Kier molecular flexibility index (Phi) is 6.88. The highest BCUT2D eigenvalue weighted by Gasteiger charge is 2.24. The van der Waals surface area contributed by atoms with Crippen molar-refractivity contribution in [2.75, 3.05) is 26.7 Å². The third-order valence-electron chi connectivity index (χ3n) is 4.49. The summed E-state index contributed by atoms with van der Waals surface area (Å²) in [6, 6.07) is 7.92. The molecule has 1 fully saturated rings. The van der Waals surface area contributed by atoms with Crippen molar-refractivity contribution in [3.63, 3.8) is 0 Å². The standard InChI is InChI=1S/C17H25N5O2S3/c1-19-17(20-11-13-6-7-16(26-13)27(18,23)24)21-12-14(15-5-4-10-25-15)22-8-2-3-9-22/h4-7,10,14H,2-3,8-9,11-12H2,1H3,(H2,18,23,24)(H2,19,20,21). The lowest BCUT2D eigenvalue weighted by atomic mass is 10.2. The van der Waals surface area contributed by atoms with Crippen LogP contribution in [0.1, 0.15) is 28.6 Å². The monoisotopic (exact) mass is 427 g/mol. The topological polar surface area (TPSA) is 99.8 Å². The lowest BCUT2D eigenvalue weighted by molar-refractivity contribution is 0.249. The number of thiophene rings is 2. The smallest absolute Gasteiger partial charge is 0.247 e. The first-order valence-electron chi connectivity index (χ1n) is 8.81. The molecule has 0 aromatic carbocycles. The summed E-state index contributed by atoms with van der Waals surface area (Å²) in [6.07, 6.45) is 2.50. The maximum absolute atomic E-state index is 11.4. The van der Waals surface area contributed by atoms with Crippen molar-refractivity contribution in [3.05, 3.63) is 39.4 Å². The number of sulfonamides is 1. The second kappa shape index (κ2) is 9.16. The summed E-state index contributed by atoms with van der Waals surface area (Å²) in [7, 11) is -1.91. The van der Waals surface area contributed by atoms with Gasteiger partial charge in [0, 0.05) is 23.3 Å². The zero-order valence-electron chi connectivity index (χ0n) is 15.2. The number of rotatable bonds is 7. The van der Waals surface area contributed by atoms with Gasteiger partial charge in [-0.05, 0) is 49.5 Å². The van der Waals surface area contributed by atoms with E-state index >= 15 is 0 Å². The molecule has 1 atom stereocenters. The van der Waals surface area contributed by atoms with E-state index in [1.54, 1.807) is 24.5 Å². The SMILES string of the molecule is CN=C(NCc1ccc(S(N)(=O)=O)s1)NCC(c1cccs1)N1CCCC1. The predicted molar refractivity (Wildman–Crippen MR) is 112 cm³/mol. The van der Waals surface area contributed by atoms with Gasteiger partial charge in [-0.25, -0.2) is 13.6 Å². The highest BCUT2D eigenvalue weighted by molar-refractivity contribution is 7.91. The van der Waals surface area contributed by atoms with Crippen LogP contribution in [0.5, 0.6) is 0 Å². The second-order valence-corrected chi connectivity index (χ2v) is 10.3. The number of likely N-dealkylation sites (tertiary alicyclic amines) is 1. The van der Waals surface area contributed by atoms with Gasteiger partial charge in [0.2, 0.25) is 10.0 Å². The molecule has 0 saturated carbocycles. The van der Waals surface area contributed by atoms with Crippen molar-refractivity contribution in [3.8, 4) is 0 Å². The molecule has 1 aliphatic heterocycles. The molecule has 27 heavy (non-hydrogen) atoms. The Labute approximate surface area is 168 Å². The Morgan fingerprint density at radius 2 is 2.07 bits per heavy atom. The van der Waals surface area contributed by atoms with Gasteiger partial charge in [-0.3, -0.25) is 9.89 Å². The van der Waals surface area contributed by atoms with Gasteiger partial charge in [0.15, 0.2) is 5.96 Å². The summed E-state index contributed by atoms with van der Waals surface area (Å²) in [5.41, 5.74) is 0. The van der Waals surface area contributed by atoms with Gasteiger partial charge in [0.1, 0.15) is 4.21 Å². The van der Waals surface area contributed by atoms with E-state index in [9.17, 15) is 8.42 Å². The summed E-state index contributed by atoms with van der Waals surface area (Å²) < 4.78 is 22.9. The van der Waals surface area contributed by atoms with Gasteiger partial charge in [-0.15, -0.1) is 22.7 Å². The lowest BCUT2D eigenvalue weighted by Gasteiger charge is -2.27. The molecule has 1 saturated heterocycles. The Balaban J connectivity index is 1.57. The fourth-order valence-electron chi connectivity index (χ4n) is 3.13. The highest BCUT2D eigenvalue weighted by atomic mass is 32.2. The number of hydrogen-bond acceptors (Lipinski definition) is 6. The summed E-state index contributed by atoms with van der Waals surface area (Å²) >= 11 is 2.95. The third-order valence-corrected chi connectivity index (χ3v) is 7.98. The minimum Gasteiger partial charge on any atom is -0.354 e. The molecule has 0 amide bonds. The molecular weight excluding hydrogens is 402 g/mol. The van der Waals surface area contributed by atoms with Crippen molar-refractivity contribution in [2.24, 2.45) is 10.1 Å². The van der Waals surface area contributed by atoms with Gasteiger partial charge in [0.05, 0.1) is 12.6 Å².